The first-order valence-electron chi connectivity index (χ1n) is 6.72. The third-order valence-corrected chi connectivity index (χ3v) is 5.32. The van der Waals surface area contributed by atoms with Crippen molar-refractivity contribution in [2.45, 2.75) is 36.5 Å². The third kappa shape index (κ3) is 2.43. The summed E-state index contributed by atoms with van der Waals surface area (Å²) in [7, 11) is 0. The van der Waals surface area contributed by atoms with Gasteiger partial charge in [0.1, 0.15) is 0 Å². The minimum Gasteiger partial charge on any atom is -0.323 e. The molecule has 0 aliphatic heterocycles. The first-order valence-corrected chi connectivity index (χ1v) is 7.60. The average molecular weight is 269 g/mol. The normalized spacial score (nSPS) is 21.4. The van der Waals surface area contributed by atoms with Crippen molar-refractivity contribution in [3.05, 3.63) is 64.7 Å². The molecule has 2 unspecified atom stereocenters. The van der Waals surface area contributed by atoms with Crippen LogP contribution in [0.3, 0.4) is 0 Å². The van der Waals surface area contributed by atoms with Gasteiger partial charge in [0, 0.05) is 16.2 Å². The molecule has 2 atom stereocenters. The second-order valence-corrected chi connectivity index (χ2v) is 6.64. The molecular formula is C17H19NS. The van der Waals surface area contributed by atoms with Crippen molar-refractivity contribution >= 4 is 11.8 Å². The summed E-state index contributed by atoms with van der Waals surface area (Å²) in [4.78, 5) is 1.36. The molecule has 0 spiro atoms. The Hall–Kier alpha value is -1.25. The highest BCUT2D eigenvalue weighted by Gasteiger charge is 2.30. The number of hydrogen-bond acceptors (Lipinski definition) is 2. The Balaban J connectivity index is 1.83. The van der Waals surface area contributed by atoms with Crippen LogP contribution in [-0.2, 0) is 6.42 Å². The minimum absolute atomic E-state index is 0.155. The highest BCUT2D eigenvalue weighted by atomic mass is 32.2. The van der Waals surface area contributed by atoms with Gasteiger partial charge in [-0.1, -0.05) is 42.0 Å². The van der Waals surface area contributed by atoms with Crippen LogP contribution in [0.15, 0.2) is 47.4 Å². The zero-order chi connectivity index (χ0) is 13.4. The maximum atomic E-state index is 6.40. The first kappa shape index (κ1) is 12.8. The molecule has 1 aliphatic rings. The molecule has 2 aromatic rings. The SMILES string of the molecule is Cc1ccc(SC2Cc3ccccc3C2N)c(C)c1. The van der Waals surface area contributed by atoms with Gasteiger partial charge in [0.05, 0.1) is 0 Å². The summed E-state index contributed by atoms with van der Waals surface area (Å²) in [6.07, 6.45) is 1.08. The van der Waals surface area contributed by atoms with Crippen molar-refractivity contribution in [2.24, 2.45) is 5.73 Å². The zero-order valence-electron chi connectivity index (χ0n) is 11.4. The standard InChI is InChI=1S/C17H19NS/c1-11-7-8-15(12(2)9-11)19-16-10-13-5-3-4-6-14(13)17(16)18/h3-9,16-17H,10,18H2,1-2H3. The topological polar surface area (TPSA) is 26.0 Å². The molecule has 2 aromatic carbocycles. The van der Waals surface area contributed by atoms with E-state index in [1.807, 2.05) is 11.8 Å². The third-order valence-electron chi connectivity index (χ3n) is 3.84. The van der Waals surface area contributed by atoms with Gasteiger partial charge < -0.3 is 5.73 Å². The molecule has 3 rings (SSSR count). The maximum Gasteiger partial charge on any atom is 0.0425 e. The Morgan fingerprint density at radius 3 is 2.63 bits per heavy atom. The lowest BCUT2D eigenvalue weighted by atomic mass is 10.1. The van der Waals surface area contributed by atoms with Crippen LogP contribution in [0.25, 0.3) is 0 Å². The Labute approximate surface area is 119 Å². The van der Waals surface area contributed by atoms with E-state index in [1.54, 1.807) is 0 Å². The van der Waals surface area contributed by atoms with Gasteiger partial charge in [-0.3, -0.25) is 0 Å². The van der Waals surface area contributed by atoms with E-state index >= 15 is 0 Å². The highest BCUT2D eigenvalue weighted by molar-refractivity contribution is 8.00. The smallest absolute Gasteiger partial charge is 0.0425 e. The molecule has 0 bridgehead atoms. The number of nitrogens with two attached hydrogens (primary N) is 1. The average Bonchev–Trinajstić information content (AvgIpc) is 2.70. The van der Waals surface area contributed by atoms with Gasteiger partial charge in [0.2, 0.25) is 0 Å². The van der Waals surface area contributed by atoms with Crippen molar-refractivity contribution < 1.29 is 0 Å². The van der Waals surface area contributed by atoms with E-state index in [4.69, 9.17) is 5.73 Å². The predicted octanol–water partition coefficient (Wildman–Crippen LogP) is 4.02. The van der Waals surface area contributed by atoms with E-state index in [0.29, 0.717) is 5.25 Å². The minimum atomic E-state index is 0.155. The lowest BCUT2D eigenvalue weighted by molar-refractivity contribution is 0.731. The molecule has 0 radical (unpaired) electrons. The molecule has 0 fully saturated rings. The predicted molar refractivity (Wildman–Crippen MR) is 82.6 cm³/mol. The monoisotopic (exact) mass is 269 g/mol. The van der Waals surface area contributed by atoms with Crippen molar-refractivity contribution in [1.82, 2.24) is 0 Å². The fourth-order valence-electron chi connectivity index (χ4n) is 2.80. The molecule has 0 heterocycles. The van der Waals surface area contributed by atoms with Crippen molar-refractivity contribution in [1.29, 1.82) is 0 Å². The molecule has 2 heteroatoms. The number of benzene rings is 2. The number of aryl methyl sites for hydroxylation is 2. The van der Waals surface area contributed by atoms with Gasteiger partial charge in [-0.25, -0.2) is 0 Å². The van der Waals surface area contributed by atoms with E-state index in [-0.39, 0.29) is 6.04 Å². The van der Waals surface area contributed by atoms with Crippen molar-refractivity contribution in [2.75, 3.05) is 0 Å². The molecule has 19 heavy (non-hydrogen) atoms. The molecule has 0 aromatic heterocycles. The second-order valence-electron chi connectivity index (χ2n) is 5.35. The molecular weight excluding hydrogens is 250 g/mol. The molecule has 2 N–H and O–H groups in total. The van der Waals surface area contributed by atoms with Gasteiger partial charge in [-0.15, -0.1) is 11.8 Å². The van der Waals surface area contributed by atoms with Crippen LogP contribution >= 0.6 is 11.8 Å². The molecule has 1 nitrogen and oxygen atoms in total. The summed E-state index contributed by atoms with van der Waals surface area (Å²) < 4.78 is 0. The van der Waals surface area contributed by atoms with Crippen LogP contribution in [0.2, 0.25) is 0 Å². The molecule has 1 aliphatic carbocycles. The number of hydrogen-bond donors (Lipinski definition) is 1. The molecule has 0 amide bonds. The zero-order valence-corrected chi connectivity index (χ0v) is 12.2. The fraction of sp³-hybridized carbons (Fsp3) is 0.294. The number of rotatable bonds is 2. The molecule has 0 saturated heterocycles. The Morgan fingerprint density at radius 1 is 1.11 bits per heavy atom. The second kappa shape index (κ2) is 5.03. The van der Waals surface area contributed by atoms with Gasteiger partial charge in [0.15, 0.2) is 0 Å². The van der Waals surface area contributed by atoms with Crippen molar-refractivity contribution in [3.8, 4) is 0 Å². The lowest BCUT2D eigenvalue weighted by Crippen LogP contribution is -2.18. The maximum absolute atomic E-state index is 6.40. The lowest BCUT2D eigenvalue weighted by Gasteiger charge is -2.17. The number of fused-ring (bicyclic) bond motifs is 1. The van der Waals surface area contributed by atoms with E-state index in [9.17, 15) is 0 Å². The van der Waals surface area contributed by atoms with Crippen molar-refractivity contribution in [3.63, 3.8) is 0 Å². The van der Waals surface area contributed by atoms with Gasteiger partial charge >= 0.3 is 0 Å². The number of thioether (sulfide) groups is 1. The fourth-order valence-corrected chi connectivity index (χ4v) is 4.07. The van der Waals surface area contributed by atoms with E-state index in [2.05, 4.69) is 56.3 Å². The summed E-state index contributed by atoms with van der Waals surface area (Å²) >= 11 is 1.93. The first-order chi connectivity index (χ1) is 9.15. The summed E-state index contributed by atoms with van der Waals surface area (Å²) in [5.74, 6) is 0. The molecule has 98 valence electrons. The summed E-state index contributed by atoms with van der Waals surface area (Å²) in [6, 6.07) is 15.4. The van der Waals surface area contributed by atoms with Crippen LogP contribution in [0.5, 0.6) is 0 Å². The van der Waals surface area contributed by atoms with E-state index in [1.165, 1.54) is 27.1 Å². The Morgan fingerprint density at radius 2 is 1.89 bits per heavy atom. The van der Waals surface area contributed by atoms with Gasteiger partial charge in [-0.2, -0.15) is 0 Å². The quantitative estimate of drug-likeness (QED) is 0.891. The molecule has 0 saturated carbocycles. The summed E-state index contributed by atoms with van der Waals surface area (Å²) in [6.45, 7) is 4.32. The Kier molecular flexibility index (Phi) is 3.38. The van der Waals surface area contributed by atoms with E-state index < -0.39 is 0 Å². The van der Waals surface area contributed by atoms with Crippen LogP contribution in [0.4, 0.5) is 0 Å². The van der Waals surface area contributed by atoms with Crippen LogP contribution < -0.4 is 5.73 Å². The van der Waals surface area contributed by atoms with E-state index in [0.717, 1.165) is 6.42 Å². The largest absolute Gasteiger partial charge is 0.323 e. The summed E-state index contributed by atoms with van der Waals surface area (Å²) in [5.41, 5.74) is 11.8. The van der Waals surface area contributed by atoms with Gasteiger partial charge in [-0.05, 0) is 43.0 Å². The van der Waals surface area contributed by atoms with Gasteiger partial charge in [0.25, 0.3) is 0 Å². The highest BCUT2D eigenvalue weighted by Crippen LogP contribution is 2.40. The van der Waals surface area contributed by atoms with Crippen LogP contribution in [0, 0.1) is 13.8 Å². The summed E-state index contributed by atoms with van der Waals surface area (Å²) in [5, 5.41) is 0.457. The Bertz CT molecular complexity index is 606. The van der Waals surface area contributed by atoms with Crippen LogP contribution in [-0.4, -0.2) is 5.25 Å². The van der Waals surface area contributed by atoms with Crippen LogP contribution in [0.1, 0.15) is 28.3 Å².